The maximum Gasteiger partial charge on any atom is 0.326 e. The smallest absolute Gasteiger partial charge is 0.326 e. The van der Waals surface area contributed by atoms with E-state index in [2.05, 4.69) is 10.6 Å². The van der Waals surface area contributed by atoms with E-state index in [4.69, 9.17) is 15.9 Å². The van der Waals surface area contributed by atoms with Gasteiger partial charge < -0.3 is 26.6 Å². The summed E-state index contributed by atoms with van der Waals surface area (Å²) in [6.07, 6.45) is -0.167. The number of carboxylic acids is 2. The Hall–Kier alpha value is -2.32. The zero-order valence-corrected chi connectivity index (χ0v) is 12.0. The van der Waals surface area contributed by atoms with Gasteiger partial charge in [0.15, 0.2) is 0 Å². The van der Waals surface area contributed by atoms with E-state index in [0.29, 0.717) is 0 Å². The van der Waals surface area contributed by atoms with E-state index in [-0.39, 0.29) is 25.7 Å². The van der Waals surface area contributed by atoms with E-state index in [9.17, 15) is 19.2 Å². The van der Waals surface area contributed by atoms with Crippen LogP contribution in [0, 0.1) is 0 Å². The normalized spacial score (nSPS) is 12.3. The summed E-state index contributed by atoms with van der Waals surface area (Å²) < 4.78 is 0. The first kappa shape index (κ1) is 18.7. The summed E-state index contributed by atoms with van der Waals surface area (Å²) >= 11 is 0. The number of urea groups is 1. The zero-order valence-electron chi connectivity index (χ0n) is 12.0. The third-order valence-electron chi connectivity index (χ3n) is 2.55. The van der Waals surface area contributed by atoms with Gasteiger partial charge in [-0.1, -0.05) is 0 Å². The van der Waals surface area contributed by atoms with Crippen molar-refractivity contribution in [1.29, 1.82) is 0 Å². The van der Waals surface area contributed by atoms with Gasteiger partial charge in [0.05, 0.1) is 0 Å². The first-order valence-corrected chi connectivity index (χ1v) is 6.35. The third kappa shape index (κ3) is 9.25. The fourth-order valence-corrected chi connectivity index (χ4v) is 1.70. The number of carboxylic acid groups (broad SMARTS) is 2. The highest BCUT2D eigenvalue weighted by molar-refractivity contribution is 5.83. The molecule has 0 aromatic carbocycles. The molecule has 0 aliphatic rings. The lowest BCUT2D eigenvalue weighted by atomic mass is 10.0. The van der Waals surface area contributed by atoms with Gasteiger partial charge in [-0.15, -0.1) is 0 Å². The van der Waals surface area contributed by atoms with Crippen LogP contribution in [0.4, 0.5) is 4.79 Å². The summed E-state index contributed by atoms with van der Waals surface area (Å²) in [6.45, 7) is 3.13. The topological polar surface area (TPSA) is 159 Å². The van der Waals surface area contributed by atoms with Gasteiger partial charge >= 0.3 is 18.0 Å². The monoisotopic (exact) mass is 303 g/mol. The largest absolute Gasteiger partial charge is 0.481 e. The number of primary amides is 1. The molecule has 6 N–H and O–H groups in total. The van der Waals surface area contributed by atoms with Gasteiger partial charge in [-0.2, -0.15) is 0 Å². The fraction of sp³-hybridized carbons (Fsp3) is 0.667. The number of nitrogens with one attached hydrogen (secondary N) is 2. The van der Waals surface area contributed by atoms with E-state index in [1.54, 1.807) is 13.8 Å². The first-order chi connectivity index (χ1) is 9.53. The Labute approximate surface area is 121 Å². The first-order valence-electron chi connectivity index (χ1n) is 6.35. The minimum atomic E-state index is -1.26. The molecule has 0 saturated carbocycles. The van der Waals surface area contributed by atoms with Gasteiger partial charge in [0.25, 0.3) is 0 Å². The summed E-state index contributed by atoms with van der Waals surface area (Å²) in [5, 5.41) is 22.1. The highest BCUT2D eigenvalue weighted by atomic mass is 16.4. The number of hydrogen-bond acceptors (Lipinski definition) is 4. The minimum Gasteiger partial charge on any atom is -0.481 e. The second-order valence-corrected chi connectivity index (χ2v) is 5.30. The average molecular weight is 303 g/mol. The van der Waals surface area contributed by atoms with Crippen molar-refractivity contribution in [3.05, 3.63) is 0 Å². The fourth-order valence-electron chi connectivity index (χ4n) is 1.70. The molecule has 0 spiro atoms. The van der Waals surface area contributed by atoms with Crippen LogP contribution in [0.3, 0.4) is 0 Å². The molecule has 0 aliphatic carbocycles. The molecule has 0 fully saturated rings. The van der Waals surface area contributed by atoms with Crippen molar-refractivity contribution >= 4 is 23.9 Å². The molecule has 0 saturated heterocycles. The van der Waals surface area contributed by atoms with Gasteiger partial charge in [-0.25, -0.2) is 9.59 Å². The van der Waals surface area contributed by atoms with Crippen molar-refractivity contribution in [2.24, 2.45) is 5.73 Å². The molecule has 0 unspecified atom stereocenters. The molecule has 0 aliphatic heterocycles. The maximum absolute atomic E-state index is 11.7. The molecular formula is C12H21N3O6. The van der Waals surface area contributed by atoms with Crippen LogP contribution in [0.1, 0.15) is 39.5 Å². The summed E-state index contributed by atoms with van der Waals surface area (Å²) in [5.41, 5.74) is 4.12. The molecule has 9 nitrogen and oxygen atoms in total. The van der Waals surface area contributed by atoms with Crippen LogP contribution < -0.4 is 16.4 Å². The number of carbonyl (C=O) groups excluding carboxylic acids is 2. The van der Waals surface area contributed by atoms with Crippen LogP contribution in [0.2, 0.25) is 0 Å². The van der Waals surface area contributed by atoms with E-state index in [1.807, 2.05) is 0 Å². The van der Waals surface area contributed by atoms with Gasteiger partial charge in [-0.05, 0) is 26.7 Å². The maximum atomic E-state index is 11.7. The lowest BCUT2D eigenvalue weighted by Gasteiger charge is -2.26. The van der Waals surface area contributed by atoms with Crippen LogP contribution in [-0.4, -0.2) is 45.7 Å². The number of hydrogen-bond donors (Lipinski definition) is 5. The van der Waals surface area contributed by atoms with E-state index >= 15 is 0 Å². The van der Waals surface area contributed by atoms with E-state index in [1.165, 1.54) is 0 Å². The van der Waals surface area contributed by atoms with Crippen LogP contribution >= 0.6 is 0 Å². The molecule has 21 heavy (non-hydrogen) atoms. The Morgan fingerprint density at radius 2 is 1.76 bits per heavy atom. The molecule has 0 aromatic rings. The van der Waals surface area contributed by atoms with Crippen molar-refractivity contribution in [2.75, 3.05) is 0 Å². The Kier molecular flexibility index (Phi) is 7.18. The van der Waals surface area contributed by atoms with Crippen LogP contribution in [0.25, 0.3) is 0 Å². The van der Waals surface area contributed by atoms with E-state index in [0.717, 1.165) is 0 Å². The standard InChI is InChI=1S/C12H21N3O6/c1-12(2,6-8(13)16)15-11(21)14-7(10(19)20)4-3-5-9(17)18/h7H,3-6H2,1-2H3,(H2,13,16)(H,17,18)(H,19,20)(H2,14,15,21)/t7-/m1/s1. The summed E-state index contributed by atoms with van der Waals surface area (Å²) in [5.74, 6) is -2.90. The molecule has 9 heteroatoms. The number of rotatable bonds is 9. The quantitative estimate of drug-likeness (QED) is 0.391. The summed E-state index contributed by atoms with van der Waals surface area (Å²) in [4.78, 5) is 43.9. The molecule has 120 valence electrons. The molecular weight excluding hydrogens is 282 g/mol. The molecule has 0 bridgehead atoms. The molecule has 1 atom stereocenters. The van der Waals surface area contributed by atoms with Crippen molar-refractivity contribution in [3.8, 4) is 0 Å². The summed E-state index contributed by atoms with van der Waals surface area (Å²) in [7, 11) is 0. The highest BCUT2D eigenvalue weighted by Crippen LogP contribution is 2.08. The zero-order chi connectivity index (χ0) is 16.6. The molecule has 3 amide bonds. The van der Waals surface area contributed by atoms with Crippen molar-refractivity contribution < 1.29 is 29.4 Å². The van der Waals surface area contributed by atoms with Gasteiger partial charge in [0.2, 0.25) is 5.91 Å². The lowest BCUT2D eigenvalue weighted by Crippen LogP contribution is -2.53. The predicted octanol–water partition coefficient (Wildman–Crippen LogP) is -0.352. The number of carbonyl (C=O) groups is 4. The van der Waals surface area contributed by atoms with E-state index < -0.39 is 35.5 Å². The predicted molar refractivity (Wildman–Crippen MR) is 72.5 cm³/mol. The average Bonchev–Trinajstić information content (AvgIpc) is 2.23. The lowest BCUT2D eigenvalue weighted by molar-refractivity contribution is -0.140. The Morgan fingerprint density at radius 1 is 1.19 bits per heavy atom. The Balaban J connectivity index is 4.44. The molecule has 0 aromatic heterocycles. The third-order valence-corrected chi connectivity index (χ3v) is 2.55. The Morgan fingerprint density at radius 3 is 2.19 bits per heavy atom. The number of amides is 3. The van der Waals surface area contributed by atoms with Crippen molar-refractivity contribution in [2.45, 2.75) is 51.1 Å². The van der Waals surface area contributed by atoms with Gasteiger partial charge in [-0.3, -0.25) is 9.59 Å². The van der Waals surface area contributed by atoms with Crippen molar-refractivity contribution in [1.82, 2.24) is 10.6 Å². The summed E-state index contributed by atoms with van der Waals surface area (Å²) in [6, 6.07) is -1.96. The van der Waals surface area contributed by atoms with Crippen LogP contribution in [0.5, 0.6) is 0 Å². The Bertz CT molecular complexity index is 421. The van der Waals surface area contributed by atoms with Gasteiger partial charge in [0, 0.05) is 18.4 Å². The minimum absolute atomic E-state index is 0.00863. The number of nitrogens with two attached hydrogens (primary N) is 1. The molecule has 0 rings (SSSR count). The van der Waals surface area contributed by atoms with Crippen LogP contribution in [-0.2, 0) is 14.4 Å². The SMILES string of the molecule is CC(C)(CC(N)=O)NC(=O)N[C@H](CCCC(=O)O)C(=O)O. The van der Waals surface area contributed by atoms with Crippen LogP contribution in [0.15, 0.2) is 0 Å². The van der Waals surface area contributed by atoms with Gasteiger partial charge in [0.1, 0.15) is 6.04 Å². The molecule has 0 heterocycles. The number of aliphatic carboxylic acids is 2. The second kappa shape index (κ2) is 8.08. The second-order valence-electron chi connectivity index (χ2n) is 5.30. The highest BCUT2D eigenvalue weighted by Gasteiger charge is 2.26. The molecule has 0 radical (unpaired) electrons. The van der Waals surface area contributed by atoms with Crippen molar-refractivity contribution in [3.63, 3.8) is 0 Å².